The van der Waals surface area contributed by atoms with Gasteiger partial charge < -0.3 is 9.88 Å². The van der Waals surface area contributed by atoms with Gasteiger partial charge in [-0.1, -0.05) is 6.42 Å². The lowest BCUT2D eigenvalue weighted by Crippen LogP contribution is -2.27. The zero-order chi connectivity index (χ0) is 9.38. The summed E-state index contributed by atoms with van der Waals surface area (Å²) in [5.74, 6) is 1.30. The second kappa shape index (κ2) is 3.39. The molecule has 0 amide bonds. The van der Waals surface area contributed by atoms with Crippen LogP contribution in [0.25, 0.3) is 0 Å². The summed E-state index contributed by atoms with van der Waals surface area (Å²) >= 11 is 0. The van der Waals surface area contributed by atoms with E-state index in [1.165, 1.54) is 50.2 Å². The van der Waals surface area contributed by atoms with Crippen LogP contribution in [0.15, 0.2) is 6.20 Å². The quantitative estimate of drug-likeness (QED) is 0.731. The number of nitrogens with one attached hydrogen (secondary N) is 1. The van der Waals surface area contributed by atoms with E-state index in [9.17, 15) is 0 Å². The van der Waals surface area contributed by atoms with Crippen molar-refractivity contribution in [3.63, 3.8) is 0 Å². The van der Waals surface area contributed by atoms with E-state index < -0.39 is 0 Å². The molecule has 0 aromatic carbocycles. The Balaban J connectivity index is 1.82. The summed E-state index contributed by atoms with van der Waals surface area (Å²) in [6, 6.07) is 0.529. The molecule has 3 rings (SSSR count). The van der Waals surface area contributed by atoms with E-state index in [-0.39, 0.29) is 0 Å². The molecule has 0 saturated carbocycles. The Morgan fingerprint density at radius 2 is 2.36 bits per heavy atom. The van der Waals surface area contributed by atoms with Crippen LogP contribution < -0.4 is 5.32 Å². The molecule has 76 valence electrons. The molecule has 0 bridgehead atoms. The molecule has 3 heteroatoms. The van der Waals surface area contributed by atoms with Gasteiger partial charge in [-0.25, -0.2) is 4.98 Å². The van der Waals surface area contributed by atoms with Gasteiger partial charge in [-0.2, -0.15) is 0 Å². The molecule has 2 aliphatic rings. The normalized spacial score (nSPS) is 26.4. The molecule has 1 N–H and O–H groups in total. The SMILES string of the molecule is c1c(C2CCCCN2)nc2n1CCC2. The lowest BCUT2D eigenvalue weighted by atomic mass is 10.0. The van der Waals surface area contributed by atoms with Crippen LogP contribution in [-0.2, 0) is 13.0 Å². The number of hydrogen-bond acceptors (Lipinski definition) is 2. The van der Waals surface area contributed by atoms with E-state index in [2.05, 4.69) is 16.1 Å². The molecule has 0 radical (unpaired) electrons. The van der Waals surface area contributed by atoms with Crippen molar-refractivity contribution in [3.8, 4) is 0 Å². The smallest absolute Gasteiger partial charge is 0.109 e. The number of nitrogens with zero attached hydrogens (tertiary/aromatic N) is 2. The van der Waals surface area contributed by atoms with Crippen LogP contribution >= 0.6 is 0 Å². The lowest BCUT2D eigenvalue weighted by molar-refractivity contribution is 0.405. The van der Waals surface area contributed by atoms with Crippen molar-refractivity contribution in [2.75, 3.05) is 6.54 Å². The molecule has 3 nitrogen and oxygen atoms in total. The van der Waals surface area contributed by atoms with Gasteiger partial charge in [0.2, 0.25) is 0 Å². The van der Waals surface area contributed by atoms with Gasteiger partial charge in [0, 0.05) is 19.2 Å². The van der Waals surface area contributed by atoms with Crippen molar-refractivity contribution >= 4 is 0 Å². The summed E-state index contributed by atoms with van der Waals surface area (Å²) in [6.07, 6.45) is 8.64. The van der Waals surface area contributed by atoms with Crippen LogP contribution in [0.4, 0.5) is 0 Å². The van der Waals surface area contributed by atoms with Crippen LogP contribution in [0.5, 0.6) is 0 Å². The summed E-state index contributed by atoms with van der Waals surface area (Å²) in [5.41, 5.74) is 1.28. The third-order valence-corrected chi connectivity index (χ3v) is 3.34. The largest absolute Gasteiger partial charge is 0.335 e. The molecule has 1 atom stereocenters. The Kier molecular flexibility index (Phi) is 2.05. The first-order valence-electron chi connectivity index (χ1n) is 5.73. The van der Waals surface area contributed by atoms with Crippen molar-refractivity contribution in [3.05, 3.63) is 17.7 Å². The van der Waals surface area contributed by atoms with Gasteiger partial charge in [0.15, 0.2) is 0 Å². The Bertz CT molecular complexity index is 302. The molecule has 1 aromatic heterocycles. The number of aryl methyl sites for hydroxylation is 2. The van der Waals surface area contributed by atoms with Crippen LogP contribution in [0.1, 0.15) is 43.2 Å². The first-order chi connectivity index (χ1) is 6.93. The molecule has 0 aliphatic carbocycles. The standard InChI is InChI=1S/C11H17N3/c1-2-6-12-9(4-1)10-8-14-7-3-5-11(14)13-10/h8-9,12H,1-7H2. The Hall–Kier alpha value is -0.830. The van der Waals surface area contributed by atoms with Crippen LogP contribution in [0.3, 0.4) is 0 Å². The highest BCUT2D eigenvalue weighted by atomic mass is 15.1. The fraction of sp³-hybridized carbons (Fsp3) is 0.727. The first kappa shape index (κ1) is 8.48. The van der Waals surface area contributed by atoms with Gasteiger partial charge >= 0.3 is 0 Å². The minimum atomic E-state index is 0.529. The van der Waals surface area contributed by atoms with Gasteiger partial charge in [-0.3, -0.25) is 0 Å². The Morgan fingerprint density at radius 1 is 1.36 bits per heavy atom. The summed E-state index contributed by atoms with van der Waals surface area (Å²) < 4.78 is 2.33. The van der Waals surface area contributed by atoms with Crippen LogP contribution in [0.2, 0.25) is 0 Å². The van der Waals surface area contributed by atoms with Gasteiger partial charge in [0.25, 0.3) is 0 Å². The van der Waals surface area contributed by atoms with E-state index in [4.69, 9.17) is 4.98 Å². The average molecular weight is 191 g/mol. The Morgan fingerprint density at radius 3 is 3.14 bits per heavy atom. The van der Waals surface area contributed by atoms with Gasteiger partial charge in [0.1, 0.15) is 5.82 Å². The van der Waals surface area contributed by atoms with Crippen LogP contribution in [0, 0.1) is 0 Å². The van der Waals surface area contributed by atoms with Crippen molar-refractivity contribution in [2.24, 2.45) is 0 Å². The topological polar surface area (TPSA) is 29.9 Å². The van der Waals surface area contributed by atoms with Gasteiger partial charge in [-0.15, -0.1) is 0 Å². The van der Waals surface area contributed by atoms with Crippen molar-refractivity contribution in [2.45, 2.75) is 44.7 Å². The monoisotopic (exact) mass is 191 g/mol. The molecular formula is C11H17N3. The Labute approximate surface area is 84.5 Å². The van der Waals surface area contributed by atoms with Crippen molar-refractivity contribution in [1.82, 2.24) is 14.9 Å². The van der Waals surface area contributed by atoms with E-state index >= 15 is 0 Å². The molecule has 0 spiro atoms. The molecule has 2 aliphatic heterocycles. The van der Waals surface area contributed by atoms with Crippen molar-refractivity contribution in [1.29, 1.82) is 0 Å². The summed E-state index contributed by atoms with van der Waals surface area (Å²) in [5, 5.41) is 3.55. The number of fused-ring (bicyclic) bond motifs is 1. The molecule has 14 heavy (non-hydrogen) atoms. The predicted molar refractivity (Wildman–Crippen MR) is 55.1 cm³/mol. The zero-order valence-electron chi connectivity index (χ0n) is 8.50. The molecule has 1 aromatic rings. The third-order valence-electron chi connectivity index (χ3n) is 3.34. The molecule has 3 heterocycles. The second-order valence-corrected chi connectivity index (χ2v) is 4.38. The maximum atomic E-state index is 4.71. The summed E-state index contributed by atoms with van der Waals surface area (Å²) in [4.78, 5) is 4.71. The fourth-order valence-electron chi connectivity index (χ4n) is 2.55. The maximum absolute atomic E-state index is 4.71. The highest BCUT2D eigenvalue weighted by Gasteiger charge is 2.20. The number of hydrogen-bond donors (Lipinski definition) is 1. The molecule has 1 unspecified atom stereocenters. The molecular weight excluding hydrogens is 174 g/mol. The summed E-state index contributed by atoms with van der Waals surface area (Å²) in [6.45, 7) is 2.34. The average Bonchev–Trinajstić information content (AvgIpc) is 2.78. The highest BCUT2D eigenvalue weighted by molar-refractivity contribution is 5.12. The van der Waals surface area contributed by atoms with Crippen molar-refractivity contribution < 1.29 is 0 Å². The predicted octanol–water partition coefficient (Wildman–Crippen LogP) is 1.64. The van der Waals surface area contributed by atoms with Gasteiger partial charge in [-0.05, 0) is 25.8 Å². The lowest BCUT2D eigenvalue weighted by Gasteiger charge is -2.21. The first-order valence-corrected chi connectivity index (χ1v) is 5.73. The number of piperidine rings is 1. The highest BCUT2D eigenvalue weighted by Crippen LogP contribution is 2.24. The fourth-order valence-corrected chi connectivity index (χ4v) is 2.55. The van der Waals surface area contributed by atoms with Crippen LogP contribution in [-0.4, -0.2) is 16.1 Å². The number of rotatable bonds is 1. The van der Waals surface area contributed by atoms with E-state index in [1.54, 1.807) is 0 Å². The second-order valence-electron chi connectivity index (χ2n) is 4.38. The minimum absolute atomic E-state index is 0.529. The maximum Gasteiger partial charge on any atom is 0.109 e. The third kappa shape index (κ3) is 1.36. The van der Waals surface area contributed by atoms with E-state index in [1.807, 2.05) is 0 Å². The molecule has 1 fully saturated rings. The number of aromatic nitrogens is 2. The number of imidazole rings is 1. The van der Waals surface area contributed by atoms with E-state index in [0.717, 1.165) is 6.54 Å². The zero-order valence-corrected chi connectivity index (χ0v) is 8.50. The summed E-state index contributed by atoms with van der Waals surface area (Å²) in [7, 11) is 0. The van der Waals surface area contributed by atoms with E-state index in [0.29, 0.717) is 6.04 Å². The van der Waals surface area contributed by atoms with Gasteiger partial charge in [0.05, 0.1) is 11.7 Å². The molecule has 1 saturated heterocycles. The minimum Gasteiger partial charge on any atom is -0.335 e.